The van der Waals surface area contributed by atoms with Gasteiger partial charge >= 0.3 is 0 Å². The highest BCUT2D eigenvalue weighted by Gasteiger charge is 2.16. The maximum absolute atomic E-state index is 4.87. The summed E-state index contributed by atoms with van der Waals surface area (Å²) in [6.07, 6.45) is 4.12. The first-order valence-electron chi connectivity index (χ1n) is 10.00. The zero-order valence-electron chi connectivity index (χ0n) is 18.7. The summed E-state index contributed by atoms with van der Waals surface area (Å²) < 4.78 is 0. The Morgan fingerprint density at radius 1 is 1.28 bits per heavy atom. The molecule has 0 aliphatic heterocycles. The van der Waals surface area contributed by atoms with Gasteiger partial charge in [-0.3, -0.25) is 4.98 Å². The molecule has 6 nitrogen and oxygen atoms in total. The highest BCUT2D eigenvalue weighted by molar-refractivity contribution is 5.74. The summed E-state index contributed by atoms with van der Waals surface area (Å²) in [4.78, 5) is 13.1. The molecule has 2 aromatic rings. The lowest BCUT2D eigenvalue weighted by Gasteiger charge is -2.24. The first-order valence-corrected chi connectivity index (χ1v) is 10.00. The minimum absolute atomic E-state index is 0.326. The van der Waals surface area contributed by atoms with E-state index in [1.54, 1.807) is 0 Å². The lowest BCUT2D eigenvalue weighted by atomic mass is 10.1. The SMILES string of the molecule is C=C(C)/C(=C\C)NCc1nc(-c2cccc(C)n2)c(/C(C)=C/N(NC)C(C)C)[nH]1. The van der Waals surface area contributed by atoms with Crippen LogP contribution in [0.3, 0.4) is 0 Å². The van der Waals surface area contributed by atoms with Gasteiger partial charge in [0, 0.05) is 30.7 Å². The number of hydrazine groups is 1. The predicted octanol–water partition coefficient (Wildman–Crippen LogP) is 4.56. The quantitative estimate of drug-likeness (QED) is 0.430. The Bertz CT molecular complexity index is 904. The number of allylic oxidation sites excluding steroid dienone is 3. The number of aromatic nitrogens is 3. The van der Waals surface area contributed by atoms with Crippen LogP contribution in [0.5, 0.6) is 0 Å². The molecule has 0 radical (unpaired) electrons. The number of H-pyrrole nitrogens is 1. The smallest absolute Gasteiger partial charge is 0.126 e. The van der Waals surface area contributed by atoms with Gasteiger partial charge in [0.1, 0.15) is 11.5 Å². The highest BCUT2D eigenvalue weighted by Crippen LogP contribution is 2.26. The third-order valence-electron chi connectivity index (χ3n) is 4.62. The van der Waals surface area contributed by atoms with Crippen LogP contribution in [0.4, 0.5) is 0 Å². The van der Waals surface area contributed by atoms with E-state index in [2.05, 4.69) is 59.3 Å². The van der Waals surface area contributed by atoms with Crippen molar-refractivity contribution in [1.82, 2.24) is 30.7 Å². The summed E-state index contributed by atoms with van der Waals surface area (Å²) >= 11 is 0. The molecule has 6 heteroatoms. The van der Waals surface area contributed by atoms with Gasteiger partial charge in [-0.15, -0.1) is 0 Å². The zero-order valence-corrected chi connectivity index (χ0v) is 18.7. The molecular formula is C23H34N6. The molecule has 2 rings (SSSR count). The lowest BCUT2D eigenvalue weighted by Crippen LogP contribution is -2.36. The highest BCUT2D eigenvalue weighted by atomic mass is 15.5. The Morgan fingerprint density at radius 2 is 2.00 bits per heavy atom. The van der Waals surface area contributed by atoms with Crippen LogP contribution in [-0.2, 0) is 6.54 Å². The summed E-state index contributed by atoms with van der Waals surface area (Å²) in [5.41, 5.74) is 9.97. The van der Waals surface area contributed by atoms with E-state index in [0.717, 1.165) is 45.4 Å². The third-order valence-corrected chi connectivity index (χ3v) is 4.62. The van der Waals surface area contributed by atoms with E-state index in [0.29, 0.717) is 12.6 Å². The molecule has 156 valence electrons. The number of rotatable bonds is 9. The average molecular weight is 395 g/mol. The van der Waals surface area contributed by atoms with Gasteiger partial charge in [0.25, 0.3) is 0 Å². The monoisotopic (exact) mass is 394 g/mol. The molecule has 0 aliphatic carbocycles. The van der Waals surface area contributed by atoms with E-state index in [1.165, 1.54) is 0 Å². The number of aryl methyl sites for hydroxylation is 1. The van der Waals surface area contributed by atoms with Crippen molar-refractivity contribution >= 4 is 5.57 Å². The van der Waals surface area contributed by atoms with Crippen LogP contribution in [0.25, 0.3) is 17.0 Å². The van der Waals surface area contributed by atoms with Gasteiger partial charge in [-0.25, -0.2) is 10.4 Å². The third kappa shape index (κ3) is 5.81. The largest absolute Gasteiger partial charge is 0.378 e. The summed E-state index contributed by atoms with van der Waals surface area (Å²) in [6, 6.07) is 6.33. The molecule has 0 aliphatic rings. The van der Waals surface area contributed by atoms with Crippen LogP contribution in [0.1, 0.15) is 51.8 Å². The first kappa shape index (κ1) is 22.4. The average Bonchev–Trinajstić information content (AvgIpc) is 3.10. The van der Waals surface area contributed by atoms with E-state index < -0.39 is 0 Å². The molecule has 0 fully saturated rings. The van der Waals surface area contributed by atoms with Gasteiger partial charge in [0.05, 0.1) is 17.9 Å². The van der Waals surface area contributed by atoms with E-state index in [-0.39, 0.29) is 0 Å². The summed E-state index contributed by atoms with van der Waals surface area (Å²) in [5.74, 6) is 0.854. The van der Waals surface area contributed by atoms with Crippen LogP contribution in [-0.4, -0.2) is 33.1 Å². The topological polar surface area (TPSA) is 68.9 Å². The normalized spacial score (nSPS) is 12.4. The predicted molar refractivity (Wildman–Crippen MR) is 122 cm³/mol. The first-order chi connectivity index (χ1) is 13.8. The fourth-order valence-electron chi connectivity index (χ4n) is 3.07. The van der Waals surface area contributed by atoms with Gasteiger partial charge in [0.15, 0.2) is 0 Å². The van der Waals surface area contributed by atoms with Gasteiger partial charge in [-0.1, -0.05) is 18.7 Å². The fraction of sp³-hybridized carbons (Fsp3) is 0.391. The Hall–Kier alpha value is -2.86. The standard InChI is InChI=1S/C23H34N6/c1-9-19(15(2)3)25-13-21-27-22(17(6)14-29(24-8)16(4)5)23(28-21)20-12-10-11-18(7)26-20/h9-12,14,16,24-25H,2,13H2,1,3-8H3,(H,27,28)/b17-14+,19-9+. The molecule has 0 aromatic carbocycles. The number of hydrogen-bond acceptors (Lipinski definition) is 5. The number of imidazole rings is 1. The molecule has 2 heterocycles. The van der Waals surface area contributed by atoms with Crippen LogP contribution in [0.15, 0.2) is 48.3 Å². The number of pyridine rings is 1. The van der Waals surface area contributed by atoms with Crippen LogP contribution >= 0.6 is 0 Å². The lowest BCUT2D eigenvalue weighted by molar-refractivity contribution is 0.243. The van der Waals surface area contributed by atoms with Crippen molar-refractivity contribution in [3.05, 3.63) is 65.5 Å². The molecule has 29 heavy (non-hydrogen) atoms. The van der Waals surface area contributed by atoms with Crippen molar-refractivity contribution in [2.45, 2.75) is 54.1 Å². The van der Waals surface area contributed by atoms with Crippen LogP contribution in [0, 0.1) is 6.92 Å². The van der Waals surface area contributed by atoms with E-state index >= 15 is 0 Å². The maximum atomic E-state index is 4.87. The van der Waals surface area contributed by atoms with Gasteiger partial charge in [0.2, 0.25) is 0 Å². The molecule has 0 unspecified atom stereocenters. The Morgan fingerprint density at radius 3 is 2.55 bits per heavy atom. The van der Waals surface area contributed by atoms with Crippen molar-refractivity contribution < 1.29 is 0 Å². The second-order valence-corrected chi connectivity index (χ2v) is 7.44. The van der Waals surface area contributed by atoms with E-state index in [1.807, 2.05) is 52.1 Å². The van der Waals surface area contributed by atoms with Crippen molar-refractivity contribution in [2.24, 2.45) is 0 Å². The van der Waals surface area contributed by atoms with Gasteiger partial charge in [-0.2, -0.15) is 0 Å². The molecule has 2 aromatic heterocycles. The molecule has 0 saturated carbocycles. The number of aromatic amines is 1. The minimum Gasteiger partial charge on any atom is -0.378 e. The van der Waals surface area contributed by atoms with Crippen molar-refractivity contribution in [2.75, 3.05) is 7.05 Å². The summed E-state index contributed by atoms with van der Waals surface area (Å²) in [6.45, 7) is 16.9. The van der Waals surface area contributed by atoms with Gasteiger partial charge in [-0.05, 0) is 64.8 Å². The molecule has 3 N–H and O–H groups in total. The molecule has 0 atom stereocenters. The minimum atomic E-state index is 0.326. The molecule has 0 spiro atoms. The summed E-state index contributed by atoms with van der Waals surface area (Å²) in [5, 5.41) is 5.47. The maximum Gasteiger partial charge on any atom is 0.126 e. The fourth-order valence-corrected chi connectivity index (χ4v) is 3.07. The van der Waals surface area contributed by atoms with Crippen LogP contribution < -0.4 is 10.7 Å². The Balaban J connectivity index is 2.46. The van der Waals surface area contributed by atoms with E-state index in [9.17, 15) is 0 Å². The molecule has 0 saturated heterocycles. The Kier molecular flexibility index (Phi) is 7.79. The number of nitrogens with zero attached hydrogens (tertiary/aromatic N) is 3. The number of nitrogens with one attached hydrogen (secondary N) is 3. The molecule has 0 amide bonds. The Labute approximate surface area is 174 Å². The van der Waals surface area contributed by atoms with Crippen molar-refractivity contribution in [1.29, 1.82) is 0 Å². The second kappa shape index (κ2) is 10.1. The van der Waals surface area contributed by atoms with Crippen molar-refractivity contribution in [3.8, 4) is 11.4 Å². The zero-order chi connectivity index (χ0) is 21.6. The van der Waals surface area contributed by atoms with Crippen molar-refractivity contribution in [3.63, 3.8) is 0 Å². The summed E-state index contributed by atoms with van der Waals surface area (Å²) in [7, 11) is 1.92. The molecular weight excluding hydrogens is 360 g/mol. The van der Waals surface area contributed by atoms with Gasteiger partial charge < -0.3 is 15.3 Å². The molecule has 0 bridgehead atoms. The second-order valence-electron chi connectivity index (χ2n) is 7.44. The van der Waals surface area contributed by atoms with E-state index in [4.69, 9.17) is 4.98 Å². The number of hydrogen-bond donors (Lipinski definition) is 3. The van der Waals surface area contributed by atoms with Crippen LogP contribution in [0.2, 0.25) is 0 Å².